The van der Waals surface area contributed by atoms with Gasteiger partial charge in [0.25, 0.3) is 0 Å². The fourth-order valence-corrected chi connectivity index (χ4v) is 1.82. The van der Waals surface area contributed by atoms with Crippen LogP contribution in [0.5, 0.6) is 5.75 Å². The Kier molecular flexibility index (Phi) is 12.9. The van der Waals surface area contributed by atoms with Crippen molar-refractivity contribution in [3.05, 3.63) is 29.8 Å². The number of carbonyl (C=O) groups is 1. The summed E-state index contributed by atoms with van der Waals surface area (Å²) < 4.78 is 5.68. The lowest BCUT2D eigenvalue weighted by Gasteiger charge is -2.14. The predicted octanol–water partition coefficient (Wildman–Crippen LogP) is 2.42. The van der Waals surface area contributed by atoms with E-state index in [0.717, 1.165) is 25.1 Å². The lowest BCUT2D eigenvalue weighted by atomic mass is 10.2. The quantitative estimate of drug-likeness (QED) is 0.256. The Morgan fingerprint density at radius 3 is 2.40 bits per heavy atom. The van der Waals surface area contributed by atoms with Gasteiger partial charge in [0.2, 0.25) is 5.91 Å². The van der Waals surface area contributed by atoms with Crippen LogP contribution in [0.2, 0.25) is 0 Å². The van der Waals surface area contributed by atoms with Crippen molar-refractivity contribution in [3.63, 3.8) is 0 Å². The molecule has 6 nitrogen and oxygen atoms in total. The molecular weight excluding hydrogens is 431 g/mol. The molecule has 142 valence electrons. The number of nitrogens with zero attached hydrogens (tertiary/aromatic N) is 2. The number of halogens is 1. The highest BCUT2D eigenvalue weighted by molar-refractivity contribution is 14.0. The first-order chi connectivity index (χ1) is 11.5. The van der Waals surface area contributed by atoms with Gasteiger partial charge >= 0.3 is 0 Å². The zero-order valence-electron chi connectivity index (χ0n) is 15.7. The summed E-state index contributed by atoms with van der Waals surface area (Å²) in [6, 6.07) is 7.96. The minimum atomic E-state index is -0.0255. The zero-order chi connectivity index (χ0) is 17.8. The molecule has 7 heteroatoms. The highest BCUT2D eigenvalue weighted by Gasteiger charge is 2.04. The molecule has 0 aliphatic rings. The van der Waals surface area contributed by atoms with Crippen LogP contribution in [-0.2, 0) is 4.79 Å². The molecule has 0 saturated heterocycles. The number of guanidine groups is 1. The van der Waals surface area contributed by atoms with Gasteiger partial charge in [-0.2, -0.15) is 0 Å². The van der Waals surface area contributed by atoms with E-state index < -0.39 is 0 Å². The topological polar surface area (TPSA) is 66.0 Å². The molecule has 1 aromatic carbocycles. The SMILES string of the molecule is CCCCNC(=NCC(=O)N(C)C)NCCOc1ccc(C)cc1.I. The van der Waals surface area contributed by atoms with Gasteiger partial charge < -0.3 is 20.3 Å². The first-order valence-electron chi connectivity index (χ1n) is 8.44. The summed E-state index contributed by atoms with van der Waals surface area (Å²) in [7, 11) is 3.45. The zero-order valence-corrected chi connectivity index (χ0v) is 18.0. The number of amides is 1. The van der Waals surface area contributed by atoms with Crippen LogP contribution in [0.3, 0.4) is 0 Å². The van der Waals surface area contributed by atoms with Crippen molar-refractivity contribution in [1.29, 1.82) is 0 Å². The third-order valence-electron chi connectivity index (χ3n) is 3.38. The summed E-state index contributed by atoms with van der Waals surface area (Å²) >= 11 is 0. The summed E-state index contributed by atoms with van der Waals surface area (Å²) in [6.45, 7) is 6.29. The Morgan fingerprint density at radius 2 is 1.80 bits per heavy atom. The molecule has 1 rings (SSSR count). The van der Waals surface area contributed by atoms with Crippen LogP contribution in [0.25, 0.3) is 0 Å². The van der Waals surface area contributed by atoms with Gasteiger partial charge in [0.15, 0.2) is 5.96 Å². The maximum absolute atomic E-state index is 11.7. The molecule has 0 radical (unpaired) electrons. The smallest absolute Gasteiger partial charge is 0.243 e. The second-order valence-electron chi connectivity index (χ2n) is 5.82. The number of nitrogens with one attached hydrogen (secondary N) is 2. The van der Waals surface area contributed by atoms with Crippen LogP contribution in [0.1, 0.15) is 25.3 Å². The molecular formula is C18H31IN4O2. The van der Waals surface area contributed by atoms with Crippen LogP contribution in [0, 0.1) is 6.92 Å². The summed E-state index contributed by atoms with van der Waals surface area (Å²) in [5.41, 5.74) is 1.21. The van der Waals surface area contributed by atoms with E-state index in [4.69, 9.17) is 4.74 Å². The van der Waals surface area contributed by atoms with Gasteiger partial charge in [-0.3, -0.25) is 4.79 Å². The summed E-state index contributed by atoms with van der Waals surface area (Å²) in [4.78, 5) is 17.5. The number of carbonyl (C=O) groups excluding carboxylic acids is 1. The lowest BCUT2D eigenvalue weighted by Crippen LogP contribution is -2.40. The number of rotatable bonds is 9. The van der Waals surface area contributed by atoms with E-state index in [1.807, 2.05) is 31.2 Å². The van der Waals surface area contributed by atoms with Crippen LogP contribution in [0.4, 0.5) is 0 Å². The Bertz CT molecular complexity index is 518. The van der Waals surface area contributed by atoms with E-state index >= 15 is 0 Å². The Morgan fingerprint density at radius 1 is 1.16 bits per heavy atom. The van der Waals surface area contributed by atoms with Gasteiger partial charge in [-0.1, -0.05) is 31.0 Å². The fourth-order valence-electron chi connectivity index (χ4n) is 1.82. The van der Waals surface area contributed by atoms with Crippen LogP contribution in [-0.4, -0.2) is 57.1 Å². The van der Waals surface area contributed by atoms with E-state index in [9.17, 15) is 4.79 Å². The molecule has 1 aromatic rings. The Labute approximate surface area is 168 Å². The molecule has 0 saturated carbocycles. The van der Waals surface area contributed by atoms with E-state index in [1.165, 1.54) is 10.5 Å². The van der Waals surface area contributed by atoms with Crippen LogP contribution >= 0.6 is 24.0 Å². The van der Waals surface area contributed by atoms with Gasteiger partial charge in [0, 0.05) is 20.6 Å². The molecule has 0 aromatic heterocycles. The van der Waals surface area contributed by atoms with Crippen molar-refractivity contribution in [1.82, 2.24) is 15.5 Å². The number of benzene rings is 1. The molecule has 0 bridgehead atoms. The summed E-state index contributed by atoms with van der Waals surface area (Å²) in [5.74, 6) is 1.47. The molecule has 0 fully saturated rings. The van der Waals surface area contributed by atoms with E-state index in [0.29, 0.717) is 19.1 Å². The van der Waals surface area contributed by atoms with E-state index in [2.05, 4.69) is 22.5 Å². The molecule has 0 spiro atoms. The average molecular weight is 462 g/mol. The van der Waals surface area contributed by atoms with Crippen LogP contribution in [0.15, 0.2) is 29.3 Å². The molecule has 0 heterocycles. The standard InChI is InChI=1S/C18H30N4O2.HI/c1-5-6-11-19-18(21-14-17(23)22(3)4)20-12-13-24-16-9-7-15(2)8-10-16;/h7-10H,5-6,11-14H2,1-4H3,(H2,19,20,21);1H. The molecule has 2 N–H and O–H groups in total. The highest BCUT2D eigenvalue weighted by atomic mass is 127. The maximum atomic E-state index is 11.7. The van der Waals surface area contributed by atoms with Crippen molar-refractivity contribution in [2.75, 3.05) is 40.3 Å². The van der Waals surface area contributed by atoms with E-state index in [1.54, 1.807) is 14.1 Å². The number of aryl methyl sites for hydroxylation is 1. The number of hydrogen-bond donors (Lipinski definition) is 2. The predicted molar refractivity (Wildman–Crippen MR) is 114 cm³/mol. The van der Waals surface area contributed by atoms with Gasteiger partial charge in [-0.25, -0.2) is 4.99 Å². The van der Waals surface area contributed by atoms with Gasteiger partial charge in [-0.05, 0) is 25.5 Å². The first-order valence-corrected chi connectivity index (χ1v) is 8.44. The highest BCUT2D eigenvalue weighted by Crippen LogP contribution is 2.10. The van der Waals surface area contributed by atoms with Crippen molar-refractivity contribution in [2.45, 2.75) is 26.7 Å². The molecule has 25 heavy (non-hydrogen) atoms. The summed E-state index contributed by atoms with van der Waals surface area (Å²) in [5, 5.41) is 6.43. The molecule has 0 aliphatic carbocycles. The normalized spacial score (nSPS) is 10.6. The molecule has 1 amide bonds. The second kappa shape index (κ2) is 13.7. The average Bonchev–Trinajstić information content (AvgIpc) is 2.57. The van der Waals surface area contributed by atoms with Gasteiger partial charge in [0.05, 0.1) is 6.54 Å². The Balaban J connectivity index is 0.00000576. The van der Waals surface area contributed by atoms with Gasteiger partial charge in [0.1, 0.15) is 18.9 Å². The third-order valence-corrected chi connectivity index (χ3v) is 3.38. The van der Waals surface area contributed by atoms with Crippen molar-refractivity contribution in [2.24, 2.45) is 4.99 Å². The van der Waals surface area contributed by atoms with Crippen molar-refractivity contribution in [3.8, 4) is 5.75 Å². The number of likely N-dealkylation sites (N-methyl/N-ethyl adjacent to an activating group) is 1. The number of aliphatic imine (C=N–C) groups is 1. The number of ether oxygens (including phenoxy) is 1. The fraction of sp³-hybridized carbons (Fsp3) is 0.556. The first kappa shape index (κ1) is 23.5. The number of unbranched alkanes of at least 4 members (excludes halogenated alkanes) is 1. The molecule has 0 atom stereocenters. The summed E-state index contributed by atoms with van der Waals surface area (Å²) in [6.07, 6.45) is 2.16. The Hall–Kier alpha value is -1.51. The molecule has 0 aliphatic heterocycles. The monoisotopic (exact) mass is 462 g/mol. The third kappa shape index (κ3) is 10.9. The van der Waals surface area contributed by atoms with E-state index in [-0.39, 0.29) is 36.4 Å². The second-order valence-corrected chi connectivity index (χ2v) is 5.82. The maximum Gasteiger partial charge on any atom is 0.243 e. The number of hydrogen-bond acceptors (Lipinski definition) is 3. The largest absolute Gasteiger partial charge is 0.492 e. The van der Waals surface area contributed by atoms with Crippen molar-refractivity contribution < 1.29 is 9.53 Å². The van der Waals surface area contributed by atoms with Crippen LogP contribution < -0.4 is 15.4 Å². The minimum Gasteiger partial charge on any atom is -0.492 e. The molecule has 0 unspecified atom stereocenters. The minimum absolute atomic E-state index is 0. The van der Waals surface area contributed by atoms with Gasteiger partial charge in [-0.15, -0.1) is 24.0 Å². The lowest BCUT2D eigenvalue weighted by molar-refractivity contribution is -0.127. The van der Waals surface area contributed by atoms with Crippen molar-refractivity contribution >= 4 is 35.8 Å².